The SMILES string of the molecule is OCC1CCC(Nc2cc(Nc3ccc(F)cc3)ncc2-c2nc3c(s2)CCC=C3)C1. The van der Waals surface area contributed by atoms with Gasteiger partial charge in [0.25, 0.3) is 0 Å². The third kappa shape index (κ3) is 4.48. The monoisotopic (exact) mass is 436 g/mol. The van der Waals surface area contributed by atoms with Gasteiger partial charge in [0.15, 0.2) is 0 Å². The van der Waals surface area contributed by atoms with Gasteiger partial charge in [-0.05, 0) is 68.4 Å². The molecule has 1 fully saturated rings. The maximum absolute atomic E-state index is 13.2. The van der Waals surface area contributed by atoms with Crippen LogP contribution in [0.5, 0.6) is 0 Å². The second-order valence-corrected chi connectivity index (χ2v) is 9.30. The molecule has 2 aromatic heterocycles. The average molecular weight is 437 g/mol. The highest BCUT2D eigenvalue weighted by Crippen LogP contribution is 2.38. The number of halogens is 1. The summed E-state index contributed by atoms with van der Waals surface area (Å²) in [5, 5.41) is 17.4. The molecule has 2 aliphatic rings. The number of hydrogen-bond acceptors (Lipinski definition) is 6. The van der Waals surface area contributed by atoms with Gasteiger partial charge in [-0.25, -0.2) is 14.4 Å². The standard InChI is InChI=1S/C24H25FN4OS/c25-16-6-9-17(10-7-16)28-23-12-21(27-18-8-5-15(11-18)14-30)19(13-26-23)24-29-20-3-1-2-4-22(20)31-24/h1,3,6-7,9-10,12-13,15,18,30H,2,4-5,8,11,14H2,(H2,26,27,28). The fourth-order valence-corrected chi connectivity index (χ4v) is 5.37. The first-order valence-electron chi connectivity index (χ1n) is 10.7. The van der Waals surface area contributed by atoms with E-state index in [0.29, 0.717) is 17.8 Å². The smallest absolute Gasteiger partial charge is 0.132 e. The first kappa shape index (κ1) is 20.2. The van der Waals surface area contributed by atoms with Crippen molar-refractivity contribution >= 4 is 34.6 Å². The summed E-state index contributed by atoms with van der Waals surface area (Å²) in [5.74, 6) is 0.783. The Morgan fingerprint density at radius 1 is 1.19 bits per heavy atom. The topological polar surface area (TPSA) is 70.1 Å². The number of thiazole rings is 1. The second kappa shape index (κ2) is 8.77. The number of aliphatic hydroxyl groups is 1. The van der Waals surface area contributed by atoms with Crippen LogP contribution in [0.15, 0.2) is 42.6 Å². The molecule has 160 valence electrons. The van der Waals surface area contributed by atoms with Gasteiger partial charge in [0.05, 0.1) is 11.3 Å². The van der Waals surface area contributed by atoms with Crippen molar-refractivity contribution < 1.29 is 9.50 Å². The first-order valence-corrected chi connectivity index (χ1v) is 11.6. The van der Waals surface area contributed by atoms with Gasteiger partial charge in [0.2, 0.25) is 0 Å². The molecule has 1 saturated carbocycles. The van der Waals surface area contributed by atoms with Crippen molar-refractivity contribution in [1.82, 2.24) is 9.97 Å². The molecule has 0 amide bonds. The van der Waals surface area contributed by atoms with Gasteiger partial charge in [-0.1, -0.05) is 6.08 Å². The summed E-state index contributed by atoms with van der Waals surface area (Å²) in [4.78, 5) is 10.8. The van der Waals surface area contributed by atoms with Crippen LogP contribution in [-0.4, -0.2) is 27.7 Å². The van der Waals surface area contributed by atoms with Crippen LogP contribution >= 0.6 is 11.3 Å². The molecule has 0 spiro atoms. The number of hydrogen-bond donors (Lipinski definition) is 3. The highest BCUT2D eigenvalue weighted by molar-refractivity contribution is 7.15. The molecular weight excluding hydrogens is 411 g/mol. The lowest BCUT2D eigenvalue weighted by Gasteiger charge is -2.18. The minimum absolute atomic E-state index is 0.240. The summed E-state index contributed by atoms with van der Waals surface area (Å²) in [6.45, 7) is 0.240. The van der Waals surface area contributed by atoms with E-state index in [4.69, 9.17) is 4.98 Å². The molecule has 5 rings (SSSR count). The quantitative estimate of drug-likeness (QED) is 0.468. The Morgan fingerprint density at radius 3 is 2.84 bits per heavy atom. The molecular formula is C24H25FN4OS. The zero-order valence-corrected chi connectivity index (χ0v) is 18.0. The van der Waals surface area contributed by atoms with Crippen LogP contribution in [0.25, 0.3) is 16.6 Å². The number of rotatable bonds is 6. The maximum Gasteiger partial charge on any atom is 0.132 e. The third-order valence-corrected chi connectivity index (χ3v) is 7.12. The van der Waals surface area contributed by atoms with E-state index in [2.05, 4.69) is 27.8 Å². The number of allylic oxidation sites excluding steroid dienone is 1. The predicted molar refractivity (Wildman–Crippen MR) is 124 cm³/mol. The van der Waals surface area contributed by atoms with Crippen LogP contribution in [0.3, 0.4) is 0 Å². The van der Waals surface area contributed by atoms with Crippen LogP contribution in [0.1, 0.15) is 36.3 Å². The molecule has 5 nitrogen and oxygen atoms in total. The molecule has 0 aliphatic heterocycles. The van der Waals surface area contributed by atoms with Gasteiger partial charge in [0.1, 0.15) is 16.6 Å². The molecule has 0 saturated heterocycles. The summed E-state index contributed by atoms with van der Waals surface area (Å²) in [6.07, 6.45) is 11.3. The molecule has 2 aliphatic carbocycles. The Labute approximate surface area is 185 Å². The van der Waals surface area contributed by atoms with Gasteiger partial charge in [-0.2, -0.15) is 0 Å². The van der Waals surface area contributed by atoms with Gasteiger partial charge in [-0.15, -0.1) is 11.3 Å². The zero-order valence-electron chi connectivity index (χ0n) is 17.1. The van der Waals surface area contributed by atoms with E-state index in [1.54, 1.807) is 23.5 Å². The highest BCUT2D eigenvalue weighted by atomic mass is 32.1. The van der Waals surface area contributed by atoms with Gasteiger partial charge in [0, 0.05) is 41.2 Å². The summed E-state index contributed by atoms with van der Waals surface area (Å²) >= 11 is 1.73. The lowest BCUT2D eigenvalue weighted by atomic mass is 10.1. The number of aryl methyl sites for hydroxylation is 1. The number of pyridine rings is 1. The number of benzene rings is 1. The zero-order chi connectivity index (χ0) is 21.2. The average Bonchev–Trinajstić information content (AvgIpc) is 3.42. The van der Waals surface area contributed by atoms with Gasteiger partial charge in [-0.3, -0.25) is 0 Å². The minimum Gasteiger partial charge on any atom is -0.396 e. The molecule has 3 aromatic rings. The van der Waals surface area contributed by atoms with Crippen molar-refractivity contribution in [2.75, 3.05) is 17.2 Å². The second-order valence-electron chi connectivity index (χ2n) is 8.22. The van der Waals surface area contributed by atoms with E-state index in [9.17, 15) is 9.50 Å². The van der Waals surface area contributed by atoms with Crippen LogP contribution < -0.4 is 10.6 Å². The third-order valence-electron chi connectivity index (χ3n) is 5.95. The number of nitrogens with one attached hydrogen (secondary N) is 2. The van der Waals surface area contributed by atoms with Crippen molar-refractivity contribution in [1.29, 1.82) is 0 Å². The summed E-state index contributed by atoms with van der Waals surface area (Å²) in [7, 11) is 0. The number of anilines is 3. The van der Waals surface area contributed by atoms with Crippen molar-refractivity contribution in [2.24, 2.45) is 5.92 Å². The van der Waals surface area contributed by atoms with E-state index in [1.807, 2.05) is 12.3 Å². The number of fused-ring (bicyclic) bond motifs is 1. The molecule has 1 aromatic carbocycles. The Morgan fingerprint density at radius 2 is 2.06 bits per heavy atom. The summed E-state index contributed by atoms with van der Waals surface area (Å²) < 4.78 is 13.2. The predicted octanol–water partition coefficient (Wildman–Crippen LogP) is 5.62. The molecule has 2 atom stereocenters. The van der Waals surface area contributed by atoms with Crippen LogP contribution in [-0.2, 0) is 6.42 Å². The molecule has 3 N–H and O–H groups in total. The fourth-order valence-electron chi connectivity index (χ4n) is 4.28. The van der Waals surface area contributed by atoms with Crippen molar-refractivity contribution in [2.45, 2.75) is 38.1 Å². The van der Waals surface area contributed by atoms with E-state index in [1.165, 1.54) is 17.0 Å². The highest BCUT2D eigenvalue weighted by Gasteiger charge is 2.25. The van der Waals surface area contributed by atoms with Crippen LogP contribution in [0, 0.1) is 11.7 Å². The van der Waals surface area contributed by atoms with Gasteiger partial charge < -0.3 is 15.7 Å². The number of aliphatic hydroxyl groups excluding tert-OH is 1. The lowest BCUT2D eigenvalue weighted by Crippen LogP contribution is -2.17. The van der Waals surface area contributed by atoms with E-state index >= 15 is 0 Å². The molecule has 7 heteroatoms. The fraction of sp³-hybridized carbons (Fsp3) is 0.333. The minimum atomic E-state index is -0.266. The molecule has 0 radical (unpaired) electrons. The Kier molecular flexibility index (Phi) is 5.70. The largest absolute Gasteiger partial charge is 0.396 e. The molecule has 2 heterocycles. The van der Waals surface area contributed by atoms with Crippen LogP contribution in [0.2, 0.25) is 0 Å². The van der Waals surface area contributed by atoms with Crippen molar-refractivity contribution in [3.63, 3.8) is 0 Å². The molecule has 31 heavy (non-hydrogen) atoms. The number of nitrogens with zero attached hydrogens (tertiary/aromatic N) is 2. The Balaban J connectivity index is 1.46. The van der Waals surface area contributed by atoms with Crippen molar-refractivity contribution in [3.8, 4) is 10.6 Å². The Bertz CT molecular complexity index is 1100. The Hall–Kier alpha value is -2.77. The maximum atomic E-state index is 13.2. The molecule has 0 bridgehead atoms. The summed E-state index contributed by atoms with van der Waals surface area (Å²) in [5.41, 5.74) is 3.82. The van der Waals surface area contributed by atoms with E-state index in [-0.39, 0.29) is 12.4 Å². The normalized spacial score (nSPS) is 19.9. The van der Waals surface area contributed by atoms with Gasteiger partial charge >= 0.3 is 0 Å². The van der Waals surface area contributed by atoms with E-state index in [0.717, 1.165) is 59.7 Å². The number of aromatic nitrogens is 2. The van der Waals surface area contributed by atoms with E-state index < -0.39 is 0 Å². The van der Waals surface area contributed by atoms with Crippen LogP contribution in [0.4, 0.5) is 21.6 Å². The molecule has 2 unspecified atom stereocenters. The first-order chi connectivity index (χ1) is 15.2. The summed E-state index contributed by atoms with van der Waals surface area (Å²) in [6, 6.07) is 8.56. The lowest BCUT2D eigenvalue weighted by molar-refractivity contribution is 0.229. The van der Waals surface area contributed by atoms with Crippen molar-refractivity contribution in [3.05, 3.63) is 59.0 Å².